The number of carbonyl (C=O) groups excluding carboxylic acids is 1. The summed E-state index contributed by atoms with van der Waals surface area (Å²) in [5, 5.41) is 3.53. The van der Waals surface area contributed by atoms with Crippen LogP contribution in [-0.2, 0) is 4.79 Å². The van der Waals surface area contributed by atoms with Crippen LogP contribution in [0.25, 0.3) is 5.65 Å². The molecule has 1 unspecified atom stereocenters. The van der Waals surface area contributed by atoms with Crippen molar-refractivity contribution in [1.29, 1.82) is 0 Å². The summed E-state index contributed by atoms with van der Waals surface area (Å²) < 4.78 is 16.3. The topological polar surface area (TPSA) is 46.4 Å². The largest absolute Gasteiger partial charge is 0.353 e. The molecule has 1 atom stereocenters. The summed E-state index contributed by atoms with van der Waals surface area (Å²) in [6.07, 6.45) is 5.62. The molecule has 1 saturated carbocycles. The second kappa shape index (κ2) is 6.48. The second-order valence-corrected chi connectivity index (χ2v) is 6.82. The number of hydrogen-bond acceptors (Lipinski definition) is 2. The van der Waals surface area contributed by atoms with E-state index in [9.17, 15) is 9.18 Å². The average Bonchev–Trinajstić information content (AvgIpc) is 3.30. The van der Waals surface area contributed by atoms with E-state index in [1.165, 1.54) is 6.07 Å². The number of amides is 1. The van der Waals surface area contributed by atoms with E-state index in [-0.39, 0.29) is 24.2 Å². The third kappa shape index (κ3) is 3.37. The molecule has 0 radical (unpaired) electrons. The van der Waals surface area contributed by atoms with E-state index in [0.29, 0.717) is 16.2 Å². The molecule has 128 valence electrons. The molecule has 0 spiro atoms. The van der Waals surface area contributed by atoms with Gasteiger partial charge in [-0.3, -0.25) is 4.79 Å². The average molecular weight is 358 g/mol. The molecule has 2 aromatic heterocycles. The summed E-state index contributed by atoms with van der Waals surface area (Å²) in [6, 6.07) is 10.4. The van der Waals surface area contributed by atoms with E-state index in [2.05, 4.69) is 10.3 Å². The van der Waals surface area contributed by atoms with E-state index in [1.807, 2.05) is 4.40 Å². The molecule has 0 saturated heterocycles. The zero-order valence-electron chi connectivity index (χ0n) is 13.5. The molecular formula is C19H17ClFN3O. The lowest BCUT2D eigenvalue weighted by atomic mass is 9.92. The van der Waals surface area contributed by atoms with Gasteiger partial charge in [0.1, 0.15) is 11.5 Å². The van der Waals surface area contributed by atoms with Crippen molar-refractivity contribution in [3.63, 3.8) is 0 Å². The van der Waals surface area contributed by atoms with Crippen molar-refractivity contribution in [1.82, 2.24) is 14.7 Å². The van der Waals surface area contributed by atoms with Crippen molar-refractivity contribution in [2.75, 3.05) is 0 Å². The molecule has 1 fully saturated rings. The molecular weight excluding hydrogens is 341 g/mol. The fourth-order valence-electron chi connectivity index (χ4n) is 3.06. The summed E-state index contributed by atoms with van der Waals surface area (Å²) in [7, 11) is 0. The van der Waals surface area contributed by atoms with Crippen molar-refractivity contribution in [3.05, 3.63) is 70.9 Å². The number of pyridine rings is 1. The number of nitrogens with zero attached hydrogens (tertiary/aromatic N) is 2. The number of fused-ring (bicyclic) bond motifs is 1. The normalized spacial score (nSPS) is 15.3. The minimum Gasteiger partial charge on any atom is -0.353 e. The standard InChI is InChI=1S/C19H17ClFN3O/c20-12-5-8-18-22-10-17(24(18)11-12)15(9-19(25)23-13-6-7-13)14-3-1-2-4-16(14)21/h1-5,8,10-11,13,15H,6-7,9H2,(H,23,25). The number of imidazole rings is 1. The van der Waals surface area contributed by atoms with E-state index >= 15 is 0 Å². The lowest BCUT2D eigenvalue weighted by Gasteiger charge is -2.18. The van der Waals surface area contributed by atoms with Gasteiger partial charge in [-0.1, -0.05) is 29.8 Å². The zero-order valence-corrected chi connectivity index (χ0v) is 14.2. The van der Waals surface area contributed by atoms with Gasteiger partial charge in [0.05, 0.1) is 10.7 Å². The minimum atomic E-state index is -0.437. The van der Waals surface area contributed by atoms with Crippen LogP contribution >= 0.6 is 11.6 Å². The summed E-state index contributed by atoms with van der Waals surface area (Å²) in [6.45, 7) is 0. The monoisotopic (exact) mass is 357 g/mol. The Morgan fingerprint density at radius 3 is 2.88 bits per heavy atom. The molecule has 3 aromatic rings. The second-order valence-electron chi connectivity index (χ2n) is 6.38. The maximum atomic E-state index is 14.4. The first-order chi connectivity index (χ1) is 12.1. The summed E-state index contributed by atoms with van der Waals surface area (Å²) >= 11 is 6.11. The zero-order chi connectivity index (χ0) is 17.4. The van der Waals surface area contributed by atoms with Gasteiger partial charge in [0.15, 0.2) is 0 Å². The SMILES string of the molecule is O=C(CC(c1ccccc1F)c1cnc2ccc(Cl)cn12)NC1CC1. The van der Waals surface area contributed by atoms with Gasteiger partial charge in [-0.05, 0) is 36.6 Å². The molecule has 25 heavy (non-hydrogen) atoms. The van der Waals surface area contributed by atoms with Gasteiger partial charge < -0.3 is 9.72 Å². The molecule has 0 aliphatic heterocycles. The highest BCUT2D eigenvalue weighted by Crippen LogP contribution is 2.31. The van der Waals surface area contributed by atoms with Crippen LogP contribution in [0.2, 0.25) is 5.02 Å². The molecule has 6 heteroatoms. The predicted molar refractivity (Wildman–Crippen MR) is 94.2 cm³/mol. The van der Waals surface area contributed by atoms with Crippen LogP contribution < -0.4 is 5.32 Å². The van der Waals surface area contributed by atoms with Crippen LogP contribution in [0.15, 0.2) is 48.8 Å². The van der Waals surface area contributed by atoms with Gasteiger partial charge in [0.25, 0.3) is 0 Å². The van der Waals surface area contributed by atoms with Gasteiger partial charge >= 0.3 is 0 Å². The predicted octanol–water partition coefficient (Wildman–Crippen LogP) is 3.93. The van der Waals surface area contributed by atoms with E-state index in [4.69, 9.17) is 11.6 Å². The first-order valence-corrected chi connectivity index (χ1v) is 8.66. The highest BCUT2D eigenvalue weighted by atomic mass is 35.5. The lowest BCUT2D eigenvalue weighted by Crippen LogP contribution is -2.27. The Balaban J connectivity index is 1.76. The van der Waals surface area contributed by atoms with Gasteiger partial charge in [-0.15, -0.1) is 0 Å². The quantitative estimate of drug-likeness (QED) is 0.752. The summed E-state index contributed by atoms with van der Waals surface area (Å²) in [5.74, 6) is -0.843. The molecule has 2 heterocycles. The van der Waals surface area contributed by atoms with Gasteiger partial charge in [0, 0.05) is 30.8 Å². The molecule has 1 amide bonds. The maximum Gasteiger partial charge on any atom is 0.221 e. The fourth-order valence-corrected chi connectivity index (χ4v) is 3.22. The lowest BCUT2D eigenvalue weighted by molar-refractivity contribution is -0.121. The molecule has 1 aliphatic carbocycles. The Labute approximate surface area is 149 Å². The third-order valence-electron chi connectivity index (χ3n) is 4.47. The van der Waals surface area contributed by atoms with Crippen molar-refractivity contribution >= 4 is 23.2 Å². The van der Waals surface area contributed by atoms with Crippen molar-refractivity contribution < 1.29 is 9.18 Å². The van der Waals surface area contributed by atoms with Gasteiger partial charge in [-0.25, -0.2) is 9.37 Å². The van der Waals surface area contributed by atoms with E-state index < -0.39 is 5.92 Å². The number of rotatable bonds is 5. The van der Waals surface area contributed by atoms with E-state index in [1.54, 1.807) is 42.7 Å². The highest BCUT2D eigenvalue weighted by Gasteiger charge is 2.28. The number of nitrogens with one attached hydrogen (secondary N) is 1. The number of benzene rings is 1. The number of carbonyl (C=O) groups is 1. The van der Waals surface area contributed by atoms with Crippen LogP contribution in [0.1, 0.15) is 36.4 Å². The van der Waals surface area contributed by atoms with Gasteiger partial charge in [-0.2, -0.15) is 0 Å². The molecule has 1 aliphatic rings. The van der Waals surface area contributed by atoms with Crippen LogP contribution in [0, 0.1) is 5.82 Å². The third-order valence-corrected chi connectivity index (χ3v) is 4.69. The summed E-state index contributed by atoms with van der Waals surface area (Å²) in [4.78, 5) is 16.8. The van der Waals surface area contributed by atoms with Crippen LogP contribution in [0.3, 0.4) is 0 Å². The maximum absolute atomic E-state index is 14.4. The number of hydrogen-bond donors (Lipinski definition) is 1. The number of halogens is 2. The van der Waals surface area contributed by atoms with Crippen molar-refractivity contribution in [2.24, 2.45) is 0 Å². The van der Waals surface area contributed by atoms with Crippen LogP contribution in [0.4, 0.5) is 4.39 Å². The Hall–Kier alpha value is -2.40. The molecule has 4 rings (SSSR count). The first kappa shape index (κ1) is 16.1. The van der Waals surface area contributed by atoms with Gasteiger partial charge in [0.2, 0.25) is 5.91 Å². The smallest absolute Gasteiger partial charge is 0.221 e. The molecule has 1 N–H and O–H groups in total. The van der Waals surface area contributed by atoms with Crippen molar-refractivity contribution in [3.8, 4) is 0 Å². The minimum absolute atomic E-state index is 0.0762. The first-order valence-electron chi connectivity index (χ1n) is 8.28. The highest BCUT2D eigenvalue weighted by molar-refractivity contribution is 6.30. The number of aromatic nitrogens is 2. The Bertz CT molecular complexity index is 935. The van der Waals surface area contributed by atoms with Crippen LogP contribution in [-0.4, -0.2) is 21.3 Å². The molecule has 0 bridgehead atoms. The van der Waals surface area contributed by atoms with Crippen LogP contribution in [0.5, 0.6) is 0 Å². The Morgan fingerprint density at radius 2 is 2.12 bits per heavy atom. The van der Waals surface area contributed by atoms with E-state index in [0.717, 1.165) is 18.5 Å². The molecule has 4 nitrogen and oxygen atoms in total. The van der Waals surface area contributed by atoms with Crippen molar-refractivity contribution in [2.45, 2.75) is 31.2 Å². The fraction of sp³-hybridized carbons (Fsp3) is 0.263. The summed E-state index contributed by atoms with van der Waals surface area (Å²) in [5.41, 5.74) is 1.94. The molecule has 1 aromatic carbocycles. The Kier molecular flexibility index (Phi) is 4.17. The Morgan fingerprint density at radius 1 is 1.32 bits per heavy atom.